The largest absolute Gasteiger partial charge is 0.473 e. The van der Waals surface area contributed by atoms with E-state index in [4.69, 9.17) is 31.0 Å². The minimum Gasteiger partial charge on any atom is -0.473 e. The Morgan fingerprint density at radius 1 is 1.18 bits per heavy atom. The summed E-state index contributed by atoms with van der Waals surface area (Å²) in [6.45, 7) is 7.74. The predicted molar refractivity (Wildman–Crippen MR) is 193 cm³/mol. The van der Waals surface area contributed by atoms with Gasteiger partial charge in [0.25, 0.3) is 5.91 Å². The number of imidazole rings is 1. The fraction of sp³-hybridized carbons (Fsp3) is 0.297. The van der Waals surface area contributed by atoms with E-state index in [-0.39, 0.29) is 18.6 Å². The molecule has 1 atom stereocenters. The molecule has 6 aromatic rings. The van der Waals surface area contributed by atoms with Gasteiger partial charge in [0.15, 0.2) is 0 Å². The predicted octanol–water partition coefficient (Wildman–Crippen LogP) is 7.69. The Balaban J connectivity index is 0.957. The molecule has 4 aromatic heterocycles. The second kappa shape index (κ2) is 13.6. The molecule has 0 aliphatic carbocycles. The van der Waals surface area contributed by atoms with Gasteiger partial charge in [-0.05, 0) is 74.2 Å². The van der Waals surface area contributed by atoms with E-state index < -0.39 is 5.82 Å². The van der Waals surface area contributed by atoms with Crippen LogP contribution in [0.3, 0.4) is 0 Å². The number of halogens is 2. The van der Waals surface area contributed by atoms with Gasteiger partial charge >= 0.3 is 0 Å². The fourth-order valence-corrected chi connectivity index (χ4v) is 7.57. The van der Waals surface area contributed by atoms with Crippen molar-refractivity contribution in [1.29, 1.82) is 0 Å². The zero-order chi connectivity index (χ0) is 34.4. The molecule has 50 heavy (non-hydrogen) atoms. The van der Waals surface area contributed by atoms with Crippen LogP contribution < -0.4 is 10.1 Å². The number of aromatic nitrogens is 5. The number of rotatable bonds is 10. The number of pyridine rings is 1. The van der Waals surface area contributed by atoms with Crippen molar-refractivity contribution in [2.75, 3.05) is 25.0 Å². The molecule has 2 aliphatic rings. The van der Waals surface area contributed by atoms with Crippen LogP contribution in [0.25, 0.3) is 26.8 Å². The highest BCUT2D eigenvalue weighted by molar-refractivity contribution is 7.20. The molecular weight excluding hydrogens is 677 g/mol. The van der Waals surface area contributed by atoms with E-state index in [1.165, 1.54) is 17.4 Å². The van der Waals surface area contributed by atoms with E-state index in [2.05, 4.69) is 31.1 Å². The number of ether oxygens (including phenoxy) is 2. The summed E-state index contributed by atoms with van der Waals surface area (Å²) in [4.78, 5) is 27.0. The van der Waals surface area contributed by atoms with Gasteiger partial charge in [0.05, 0.1) is 46.5 Å². The van der Waals surface area contributed by atoms with E-state index in [9.17, 15) is 9.18 Å². The summed E-state index contributed by atoms with van der Waals surface area (Å²) < 4.78 is 28.1. The van der Waals surface area contributed by atoms with Crippen molar-refractivity contribution >= 4 is 61.4 Å². The molecule has 0 spiro atoms. The Kier molecular flexibility index (Phi) is 8.86. The molecule has 13 heteroatoms. The minimum atomic E-state index is -0.403. The zero-order valence-electron chi connectivity index (χ0n) is 27.6. The highest BCUT2D eigenvalue weighted by Gasteiger charge is 2.26. The Bertz CT molecular complexity index is 2270. The lowest BCUT2D eigenvalue weighted by molar-refractivity contribution is -0.0591. The lowest BCUT2D eigenvalue weighted by atomic mass is 10.0. The SMILES string of the molecule is Cc1n[nH]c2c(C)cc(NC(=O)c3cc4c(nc(CN5CC=C(c6cccc(OCc7ccc(Cl)cc7F)n6)CC5)n4C[C@@H]4CCO4)s3)cc12. The number of fused-ring (bicyclic) bond motifs is 2. The summed E-state index contributed by atoms with van der Waals surface area (Å²) in [7, 11) is 0. The molecule has 1 amide bonds. The quantitative estimate of drug-likeness (QED) is 0.150. The molecular formula is C37H35ClFN7O3S. The Hall–Kier alpha value is -4.62. The van der Waals surface area contributed by atoms with Crippen molar-refractivity contribution in [3.05, 3.63) is 105 Å². The van der Waals surface area contributed by atoms with Gasteiger partial charge in [-0.3, -0.25) is 14.8 Å². The van der Waals surface area contributed by atoms with Crippen LogP contribution in [-0.4, -0.2) is 61.3 Å². The molecule has 0 saturated carbocycles. The van der Waals surface area contributed by atoms with Gasteiger partial charge in [0, 0.05) is 47.4 Å². The van der Waals surface area contributed by atoms with Crippen LogP contribution >= 0.6 is 22.9 Å². The maximum atomic E-state index is 14.2. The lowest BCUT2D eigenvalue weighted by Gasteiger charge is -2.29. The number of hydrogen-bond donors (Lipinski definition) is 2. The highest BCUT2D eigenvalue weighted by atomic mass is 35.5. The number of carbonyl (C=O) groups is 1. The minimum absolute atomic E-state index is 0.0656. The monoisotopic (exact) mass is 711 g/mol. The van der Waals surface area contributed by atoms with Gasteiger partial charge in [-0.1, -0.05) is 29.8 Å². The molecule has 0 unspecified atom stereocenters. The van der Waals surface area contributed by atoms with Crippen molar-refractivity contribution in [3.8, 4) is 5.88 Å². The maximum Gasteiger partial charge on any atom is 0.265 e. The first kappa shape index (κ1) is 32.6. The molecule has 256 valence electrons. The number of aryl methyl sites for hydroxylation is 2. The fourth-order valence-electron chi connectivity index (χ4n) is 6.47. The number of H-pyrrole nitrogens is 1. The summed E-state index contributed by atoms with van der Waals surface area (Å²) in [5.74, 6) is 0.845. The van der Waals surface area contributed by atoms with Gasteiger partial charge in [0.1, 0.15) is 23.1 Å². The normalized spacial score (nSPS) is 16.5. The number of aromatic amines is 1. The average molecular weight is 712 g/mol. The van der Waals surface area contributed by atoms with E-state index in [0.717, 1.165) is 87.8 Å². The topological polar surface area (TPSA) is 110 Å². The molecule has 1 fully saturated rings. The first-order valence-electron chi connectivity index (χ1n) is 16.6. The van der Waals surface area contributed by atoms with Crippen molar-refractivity contribution in [3.63, 3.8) is 0 Å². The number of hydrogen-bond acceptors (Lipinski definition) is 8. The molecule has 2 aromatic carbocycles. The molecule has 1 saturated heterocycles. The number of nitrogens with one attached hydrogen (secondary N) is 2. The average Bonchev–Trinajstić information content (AvgIpc) is 3.76. The third kappa shape index (κ3) is 6.63. The van der Waals surface area contributed by atoms with Crippen LogP contribution in [0.4, 0.5) is 10.1 Å². The smallest absolute Gasteiger partial charge is 0.265 e. The lowest BCUT2D eigenvalue weighted by Crippen LogP contribution is -2.33. The first-order chi connectivity index (χ1) is 24.3. The maximum absolute atomic E-state index is 14.2. The van der Waals surface area contributed by atoms with Gasteiger partial charge in [0.2, 0.25) is 5.88 Å². The summed E-state index contributed by atoms with van der Waals surface area (Å²) >= 11 is 7.28. The van der Waals surface area contributed by atoms with E-state index in [1.807, 2.05) is 44.2 Å². The molecule has 2 aliphatic heterocycles. The van der Waals surface area contributed by atoms with Crippen LogP contribution in [0.5, 0.6) is 5.88 Å². The van der Waals surface area contributed by atoms with Crippen LogP contribution in [0.2, 0.25) is 5.02 Å². The van der Waals surface area contributed by atoms with Crippen molar-refractivity contribution in [2.24, 2.45) is 0 Å². The summed E-state index contributed by atoms with van der Waals surface area (Å²) in [6.07, 6.45) is 4.16. The third-order valence-electron chi connectivity index (χ3n) is 9.35. The summed E-state index contributed by atoms with van der Waals surface area (Å²) in [6, 6.07) is 16.1. The molecule has 0 bridgehead atoms. The van der Waals surface area contributed by atoms with Crippen molar-refractivity contribution in [1.82, 2.24) is 29.6 Å². The number of carbonyl (C=O) groups excluding carboxylic acids is 1. The number of amides is 1. The Morgan fingerprint density at radius 3 is 2.84 bits per heavy atom. The van der Waals surface area contributed by atoms with Crippen LogP contribution in [-0.2, 0) is 24.4 Å². The van der Waals surface area contributed by atoms with Crippen LogP contribution in [0, 0.1) is 19.7 Å². The second-order valence-corrected chi connectivity index (χ2v) is 14.3. The van der Waals surface area contributed by atoms with Crippen molar-refractivity contribution in [2.45, 2.75) is 52.5 Å². The molecule has 0 radical (unpaired) electrons. The second-order valence-electron chi connectivity index (χ2n) is 12.8. The summed E-state index contributed by atoms with van der Waals surface area (Å²) in [5, 5.41) is 11.8. The van der Waals surface area contributed by atoms with Gasteiger partial charge in [-0.15, -0.1) is 11.3 Å². The molecule has 2 N–H and O–H groups in total. The number of thiophene rings is 1. The van der Waals surface area contributed by atoms with Gasteiger partial charge < -0.3 is 19.4 Å². The third-order valence-corrected chi connectivity index (χ3v) is 10.6. The van der Waals surface area contributed by atoms with Crippen molar-refractivity contribution < 1.29 is 18.7 Å². The first-order valence-corrected chi connectivity index (χ1v) is 17.8. The van der Waals surface area contributed by atoms with Crippen LogP contribution in [0.1, 0.15) is 50.9 Å². The van der Waals surface area contributed by atoms with E-state index >= 15 is 0 Å². The number of nitrogens with zero attached hydrogens (tertiary/aromatic N) is 5. The molecule has 6 heterocycles. The summed E-state index contributed by atoms with van der Waals surface area (Å²) in [5.41, 5.74) is 7.00. The van der Waals surface area contributed by atoms with E-state index in [0.29, 0.717) is 34.4 Å². The molecule has 8 rings (SSSR count). The van der Waals surface area contributed by atoms with Gasteiger partial charge in [-0.2, -0.15) is 5.10 Å². The Labute approximate surface area is 296 Å². The number of benzene rings is 2. The van der Waals surface area contributed by atoms with E-state index in [1.54, 1.807) is 18.2 Å². The van der Waals surface area contributed by atoms with Crippen LogP contribution in [0.15, 0.2) is 60.7 Å². The Morgan fingerprint density at radius 2 is 2.06 bits per heavy atom. The molecule has 10 nitrogen and oxygen atoms in total. The highest BCUT2D eigenvalue weighted by Crippen LogP contribution is 2.31. The van der Waals surface area contributed by atoms with Gasteiger partial charge in [-0.25, -0.2) is 14.4 Å². The standard InChI is InChI=1S/C37H35ClFN7O3S/c1-21-14-26(16-28-22(2)43-44-35(21)28)40-36(47)32-17-31-37(50-32)42-33(46(31)18-27-10-13-48-27)19-45-11-8-23(9-12-45)30-4-3-5-34(41-30)49-20-24-6-7-25(38)15-29(24)39/h3-8,14-17,27H,9-13,18-20H2,1-2H3,(H,40,47)(H,43,44)/t27-/m0/s1. The number of anilines is 1. The zero-order valence-corrected chi connectivity index (χ0v) is 29.2.